The topological polar surface area (TPSA) is 58.1 Å². The number of aryl methyl sites for hydroxylation is 3. The molecule has 1 saturated heterocycles. The van der Waals surface area contributed by atoms with E-state index < -0.39 is 0 Å². The fourth-order valence-corrected chi connectivity index (χ4v) is 3.84. The molecule has 5 nitrogen and oxygen atoms in total. The van der Waals surface area contributed by atoms with Crippen molar-refractivity contribution in [2.75, 3.05) is 23.3 Å². The first-order chi connectivity index (χ1) is 14.5. The van der Waals surface area contributed by atoms with Crippen LogP contribution in [0.5, 0.6) is 0 Å². The molecule has 2 aromatic carbocycles. The highest BCUT2D eigenvalue weighted by molar-refractivity contribution is 5.92. The van der Waals surface area contributed by atoms with E-state index in [0.717, 1.165) is 48.7 Å². The summed E-state index contributed by atoms with van der Waals surface area (Å²) in [6.07, 6.45) is 3.27. The van der Waals surface area contributed by atoms with Crippen molar-refractivity contribution in [1.82, 2.24) is 9.97 Å². The number of carbonyl (C=O) groups is 1. The number of rotatable bonds is 4. The Balaban J connectivity index is 1.38. The van der Waals surface area contributed by atoms with Gasteiger partial charge in [-0.1, -0.05) is 35.9 Å². The number of nitrogens with one attached hydrogen (secondary N) is 1. The van der Waals surface area contributed by atoms with Crippen molar-refractivity contribution >= 4 is 17.4 Å². The number of carbonyl (C=O) groups excluding carboxylic acids is 1. The van der Waals surface area contributed by atoms with Crippen molar-refractivity contribution in [3.8, 4) is 11.3 Å². The molecule has 0 atom stereocenters. The number of anilines is 2. The summed E-state index contributed by atoms with van der Waals surface area (Å²) in [6.45, 7) is 7.85. The number of hydrogen-bond donors (Lipinski definition) is 1. The standard InChI is InChI=1S/C25H28N4O/c1-17-4-7-20(8-5-17)23-15-24(27-16-26-23)29-12-10-21(11-13-29)25(30)28-22-9-6-18(2)19(3)14-22/h4-9,14-16,21H,10-13H2,1-3H3,(H,28,30). The van der Waals surface area contributed by atoms with Gasteiger partial charge in [-0.3, -0.25) is 4.79 Å². The van der Waals surface area contributed by atoms with Gasteiger partial charge >= 0.3 is 0 Å². The number of benzene rings is 2. The van der Waals surface area contributed by atoms with Crippen LogP contribution in [0, 0.1) is 26.7 Å². The van der Waals surface area contributed by atoms with Gasteiger partial charge < -0.3 is 10.2 Å². The van der Waals surface area contributed by atoms with Crippen molar-refractivity contribution in [2.45, 2.75) is 33.6 Å². The second kappa shape index (κ2) is 8.66. The lowest BCUT2D eigenvalue weighted by molar-refractivity contribution is -0.120. The maximum atomic E-state index is 12.7. The molecule has 5 heteroatoms. The highest BCUT2D eigenvalue weighted by atomic mass is 16.1. The molecule has 0 radical (unpaired) electrons. The number of aromatic nitrogens is 2. The van der Waals surface area contributed by atoms with Gasteiger partial charge in [0.15, 0.2) is 0 Å². The molecule has 4 rings (SSSR count). The maximum absolute atomic E-state index is 12.7. The lowest BCUT2D eigenvalue weighted by atomic mass is 9.95. The summed E-state index contributed by atoms with van der Waals surface area (Å²) in [5.41, 5.74) is 6.55. The van der Waals surface area contributed by atoms with E-state index in [2.05, 4.69) is 65.2 Å². The van der Waals surface area contributed by atoms with Gasteiger partial charge in [-0.15, -0.1) is 0 Å². The number of nitrogens with zero attached hydrogens (tertiary/aromatic N) is 3. The molecule has 2 heterocycles. The zero-order valence-corrected chi connectivity index (χ0v) is 17.9. The molecule has 0 bridgehead atoms. The summed E-state index contributed by atoms with van der Waals surface area (Å²) in [5.74, 6) is 1.07. The van der Waals surface area contributed by atoms with Gasteiger partial charge in [0.1, 0.15) is 12.1 Å². The Morgan fingerprint density at radius 3 is 2.37 bits per heavy atom. The summed E-state index contributed by atoms with van der Waals surface area (Å²) in [6, 6.07) is 16.5. The predicted molar refractivity (Wildman–Crippen MR) is 122 cm³/mol. The van der Waals surface area contributed by atoms with Gasteiger partial charge in [-0.25, -0.2) is 9.97 Å². The predicted octanol–water partition coefficient (Wildman–Crippen LogP) is 4.92. The van der Waals surface area contributed by atoms with Crippen molar-refractivity contribution in [3.05, 3.63) is 71.5 Å². The summed E-state index contributed by atoms with van der Waals surface area (Å²) in [4.78, 5) is 23.9. The minimum absolute atomic E-state index is 0.0289. The SMILES string of the molecule is Cc1ccc(-c2cc(N3CCC(C(=O)Nc4ccc(C)c(C)c4)CC3)ncn2)cc1. The number of amides is 1. The number of hydrogen-bond acceptors (Lipinski definition) is 4. The Hall–Kier alpha value is -3.21. The maximum Gasteiger partial charge on any atom is 0.227 e. The van der Waals surface area contributed by atoms with Crippen LogP contribution in [0.2, 0.25) is 0 Å². The Labute approximate surface area is 178 Å². The number of piperidine rings is 1. The van der Waals surface area contributed by atoms with E-state index in [1.165, 1.54) is 16.7 Å². The summed E-state index contributed by atoms with van der Waals surface area (Å²) in [7, 11) is 0. The normalized spacial score (nSPS) is 14.6. The van der Waals surface area contributed by atoms with Crippen LogP contribution >= 0.6 is 0 Å². The molecule has 1 aliphatic heterocycles. The molecular formula is C25H28N4O. The molecule has 1 aromatic heterocycles. The van der Waals surface area contributed by atoms with Crippen LogP contribution in [-0.4, -0.2) is 29.0 Å². The highest BCUT2D eigenvalue weighted by Crippen LogP contribution is 2.26. The van der Waals surface area contributed by atoms with Crippen LogP contribution < -0.4 is 10.2 Å². The first-order valence-electron chi connectivity index (χ1n) is 10.5. The average Bonchev–Trinajstić information content (AvgIpc) is 2.77. The molecule has 1 amide bonds. The Morgan fingerprint density at radius 2 is 1.67 bits per heavy atom. The van der Waals surface area contributed by atoms with E-state index in [4.69, 9.17) is 0 Å². The first kappa shape index (κ1) is 20.1. The van der Waals surface area contributed by atoms with Gasteiger partial charge in [0.05, 0.1) is 5.69 Å². The van der Waals surface area contributed by atoms with E-state index in [9.17, 15) is 4.79 Å². The van der Waals surface area contributed by atoms with Gasteiger partial charge in [0, 0.05) is 36.3 Å². The second-order valence-electron chi connectivity index (χ2n) is 8.18. The average molecular weight is 401 g/mol. The van der Waals surface area contributed by atoms with Crippen LogP contribution in [-0.2, 0) is 4.79 Å². The highest BCUT2D eigenvalue weighted by Gasteiger charge is 2.26. The molecule has 1 aliphatic rings. The monoisotopic (exact) mass is 400 g/mol. The minimum Gasteiger partial charge on any atom is -0.356 e. The van der Waals surface area contributed by atoms with E-state index in [1.54, 1.807) is 6.33 Å². The van der Waals surface area contributed by atoms with Crippen LogP contribution in [0.1, 0.15) is 29.5 Å². The third-order valence-corrected chi connectivity index (χ3v) is 5.96. The smallest absolute Gasteiger partial charge is 0.227 e. The third kappa shape index (κ3) is 4.51. The summed E-state index contributed by atoms with van der Waals surface area (Å²) >= 11 is 0. The Kier molecular flexibility index (Phi) is 5.79. The fourth-order valence-electron chi connectivity index (χ4n) is 3.84. The Bertz CT molecular complexity index is 1040. The molecule has 154 valence electrons. The minimum atomic E-state index is 0.0289. The Morgan fingerprint density at radius 1 is 0.933 bits per heavy atom. The second-order valence-corrected chi connectivity index (χ2v) is 8.18. The van der Waals surface area contributed by atoms with Gasteiger partial charge in [0.2, 0.25) is 5.91 Å². The zero-order chi connectivity index (χ0) is 21.1. The van der Waals surface area contributed by atoms with Gasteiger partial charge in [-0.05, 0) is 56.9 Å². The van der Waals surface area contributed by atoms with Crippen molar-refractivity contribution in [1.29, 1.82) is 0 Å². The van der Waals surface area contributed by atoms with Crippen molar-refractivity contribution < 1.29 is 4.79 Å². The molecule has 30 heavy (non-hydrogen) atoms. The summed E-state index contributed by atoms with van der Waals surface area (Å²) < 4.78 is 0. The van der Waals surface area contributed by atoms with E-state index >= 15 is 0 Å². The first-order valence-corrected chi connectivity index (χ1v) is 10.5. The van der Waals surface area contributed by atoms with Crippen LogP contribution in [0.25, 0.3) is 11.3 Å². The molecule has 3 aromatic rings. The van der Waals surface area contributed by atoms with Gasteiger partial charge in [0.25, 0.3) is 0 Å². The molecule has 1 fully saturated rings. The largest absolute Gasteiger partial charge is 0.356 e. The molecular weight excluding hydrogens is 372 g/mol. The molecule has 0 spiro atoms. The van der Waals surface area contributed by atoms with E-state index in [-0.39, 0.29) is 11.8 Å². The molecule has 1 N–H and O–H groups in total. The van der Waals surface area contributed by atoms with E-state index in [1.807, 2.05) is 24.3 Å². The van der Waals surface area contributed by atoms with E-state index in [0.29, 0.717) is 0 Å². The summed E-state index contributed by atoms with van der Waals surface area (Å²) in [5, 5.41) is 3.09. The molecule has 0 aliphatic carbocycles. The van der Waals surface area contributed by atoms with Gasteiger partial charge in [-0.2, -0.15) is 0 Å². The van der Waals surface area contributed by atoms with Crippen molar-refractivity contribution in [2.24, 2.45) is 5.92 Å². The van der Waals surface area contributed by atoms with Crippen LogP contribution in [0.4, 0.5) is 11.5 Å². The molecule has 0 unspecified atom stereocenters. The fraction of sp³-hybridized carbons (Fsp3) is 0.320. The van der Waals surface area contributed by atoms with Crippen LogP contribution in [0.3, 0.4) is 0 Å². The van der Waals surface area contributed by atoms with Crippen LogP contribution in [0.15, 0.2) is 54.9 Å². The zero-order valence-electron chi connectivity index (χ0n) is 17.9. The third-order valence-electron chi connectivity index (χ3n) is 5.96. The quantitative estimate of drug-likeness (QED) is 0.675. The lowest BCUT2D eigenvalue weighted by Crippen LogP contribution is -2.38. The molecule has 0 saturated carbocycles. The van der Waals surface area contributed by atoms with Crippen molar-refractivity contribution in [3.63, 3.8) is 0 Å². The lowest BCUT2D eigenvalue weighted by Gasteiger charge is -2.32.